The third kappa shape index (κ3) is 3.54. The molecule has 0 spiro atoms. The van der Waals surface area contributed by atoms with Crippen LogP contribution in [0.5, 0.6) is 0 Å². The summed E-state index contributed by atoms with van der Waals surface area (Å²) in [5.74, 6) is 0. The number of hydrogen-bond donors (Lipinski definition) is 1. The Hall–Kier alpha value is -1.03. The van der Waals surface area contributed by atoms with Crippen LogP contribution in [-0.2, 0) is 14.8 Å². The van der Waals surface area contributed by atoms with E-state index in [4.69, 9.17) is 4.74 Å². The van der Waals surface area contributed by atoms with E-state index in [0.29, 0.717) is 30.5 Å². The standard InChI is InChI=1S/C11H13BrN2O5S/c12-8-1-2-10(14(15)16)11(7-8)20(17,18)13-9-3-5-19-6-4-9/h1-2,7,9,13H,3-6H2. The van der Waals surface area contributed by atoms with Crippen LogP contribution in [0.1, 0.15) is 12.8 Å². The van der Waals surface area contributed by atoms with Gasteiger partial charge in [0.05, 0.1) is 4.92 Å². The molecule has 0 radical (unpaired) electrons. The lowest BCUT2D eigenvalue weighted by Gasteiger charge is -2.22. The van der Waals surface area contributed by atoms with Crippen LogP contribution in [0.25, 0.3) is 0 Å². The molecule has 0 atom stereocenters. The highest BCUT2D eigenvalue weighted by Crippen LogP contribution is 2.27. The van der Waals surface area contributed by atoms with Gasteiger partial charge < -0.3 is 4.74 Å². The predicted octanol–water partition coefficient (Wildman–Crippen LogP) is 1.81. The van der Waals surface area contributed by atoms with Crippen LogP contribution in [0, 0.1) is 10.1 Å². The molecule has 1 heterocycles. The summed E-state index contributed by atoms with van der Waals surface area (Å²) in [7, 11) is -3.94. The minimum atomic E-state index is -3.94. The molecule has 0 unspecified atom stereocenters. The molecular weight excluding hydrogens is 352 g/mol. The normalized spacial score (nSPS) is 17.1. The maximum Gasteiger partial charge on any atom is 0.289 e. The van der Waals surface area contributed by atoms with E-state index in [1.807, 2.05) is 0 Å². The molecule has 0 aliphatic carbocycles. The lowest BCUT2D eigenvalue weighted by Crippen LogP contribution is -2.39. The molecule has 0 saturated carbocycles. The van der Waals surface area contributed by atoms with Crippen molar-refractivity contribution in [3.63, 3.8) is 0 Å². The molecule has 110 valence electrons. The summed E-state index contributed by atoms with van der Waals surface area (Å²) in [6, 6.07) is 3.58. The van der Waals surface area contributed by atoms with Gasteiger partial charge in [0.25, 0.3) is 5.69 Å². The fraction of sp³-hybridized carbons (Fsp3) is 0.455. The van der Waals surface area contributed by atoms with Crippen LogP contribution in [-0.4, -0.2) is 32.6 Å². The van der Waals surface area contributed by atoms with Crippen molar-refractivity contribution in [1.29, 1.82) is 0 Å². The summed E-state index contributed by atoms with van der Waals surface area (Å²) in [5, 5.41) is 10.9. The van der Waals surface area contributed by atoms with E-state index in [1.165, 1.54) is 18.2 Å². The molecule has 0 aromatic heterocycles. The van der Waals surface area contributed by atoms with Gasteiger partial charge in [0.15, 0.2) is 4.90 Å². The lowest BCUT2D eigenvalue weighted by atomic mass is 10.1. The number of rotatable bonds is 4. The summed E-state index contributed by atoms with van der Waals surface area (Å²) >= 11 is 3.13. The van der Waals surface area contributed by atoms with Gasteiger partial charge in [-0.1, -0.05) is 15.9 Å². The molecule has 20 heavy (non-hydrogen) atoms. The highest BCUT2D eigenvalue weighted by molar-refractivity contribution is 9.10. The molecule has 2 rings (SSSR count). The number of hydrogen-bond acceptors (Lipinski definition) is 5. The Kier molecular flexibility index (Phi) is 4.74. The van der Waals surface area contributed by atoms with E-state index >= 15 is 0 Å². The number of nitrogens with zero attached hydrogens (tertiary/aromatic N) is 1. The molecule has 1 fully saturated rings. The first-order valence-electron chi connectivity index (χ1n) is 5.94. The topological polar surface area (TPSA) is 98.5 Å². The minimum Gasteiger partial charge on any atom is -0.381 e. The second kappa shape index (κ2) is 6.17. The first-order valence-corrected chi connectivity index (χ1v) is 8.22. The summed E-state index contributed by atoms with van der Waals surface area (Å²) < 4.78 is 32.7. The SMILES string of the molecule is O=[N+]([O-])c1ccc(Br)cc1S(=O)(=O)NC1CCOCC1. The Bertz CT molecular complexity index is 613. The van der Waals surface area contributed by atoms with E-state index in [0.717, 1.165) is 0 Å². The Labute approximate surface area is 124 Å². The van der Waals surface area contributed by atoms with Gasteiger partial charge in [0, 0.05) is 29.8 Å². The Morgan fingerprint density at radius 3 is 2.60 bits per heavy atom. The highest BCUT2D eigenvalue weighted by Gasteiger charge is 2.29. The quantitative estimate of drug-likeness (QED) is 0.648. The van der Waals surface area contributed by atoms with Crippen LogP contribution >= 0.6 is 15.9 Å². The summed E-state index contributed by atoms with van der Waals surface area (Å²) in [5.41, 5.74) is -0.437. The smallest absolute Gasteiger partial charge is 0.289 e. The molecule has 0 bridgehead atoms. The van der Waals surface area contributed by atoms with Crippen LogP contribution in [0.4, 0.5) is 5.69 Å². The third-order valence-corrected chi connectivity index (χ3v) is 4.99. The van der Waals surface area contributed by atoms with E-state index in [9.17, 15) is 18.5 Å². The van der Waals surface area contributed by atoms with Gasteiger partial charge in [0.2, 0.25) is 10.0 Å². The number of nitrogens with one attached hydrogen (secondary N) is 1. The Morgan fingerprint density at radius 1 is 1.35 bits per heavy atom. The number of nitro benzene ring substituents is 1. The van der Waals surface area contributed by atoms with E-state index in [-0.39, 0.29) is 10.9 Å². The Morgan fingerprint density at radius 2 is 2.00 bits per heavy atom. The van der Waals surface area contributed by atoms with E-state index < -0.39 is 20.6 Å². The van der Waals surface area contributed by atoms with Crippen molar-refractivity contribution in [3.05, 3.63) is 32.8 Å². The summed E-state index contributed by atoms with van der Waals surface area (Å²) in [6.45, 7) is 0.960. The fourth-order valence-corrected chi connectivity index (χ4v) is 3.97. The van der Waals surface area contributed by atoms with Crippen molar-refractivity contribution in [2.45, 2.75) is 23.8 Å². The molecule has 1 aliphatic heterocycles. The fourth-order valence-electron chi connectivity index (χ4n) is 1.95. The van der Waals surface area contributed by atoms with Crippen molar-refractivity contribution in [1.82, 2.24) is 4.72 Å². The zero-order valence-electron chi connectivity index (χ0n) is 10.4. The van der Waals surface area contributed by atoms with Gasteiger partial charge in [-0.05, 0) is 25.0 Å². The van der Waals surface area contributed by atoms with Crippen molar-refractivity contribution in [2.75, 3.05) is 13.2 Å². The largest absolute Gasteiger partial charge is 0.381 e. The number of benzene rings is 1. The summed E-state index contributed by atoms with van der Waals surface area (Å²) in [4.78, 5) is 9.92. The molecule has 1 aromatic rings. The van der Waals surface area contributed by atoms with Gasteiger partial charge >= 0.3 is 0 Å². The van der Waals surface area contributed by atoms with Gasteiger partial charge in [-0.15, -0.1) is 0 Å². The zero-order valence-corrected chi connectivity index (χ0v) is 12.8. The average Bonchev–Trinajstić information content (AvgIpc) is 2.39. The molecule has 0 amide bonds. The third-order valence-electron chi connectivity index (χ3n) is 2.95. The van der Waals surface area contributed by atoms with Crippen LogP contribution in [0.3, 0.4) is 0 Å². The van der Waals surface area contributed by atoms with Gasteiger partial charge in [-0.3, -0.25) is 10.1 Å². The van der Waals surface area contributed by atoms with Gasteiger partial charge in [-0.2, -0.15) is 0 Å². The average molecular weight is 365 g/mol. The maximum atomic E-state index is 12.3. The lowest BCUT2D eigenvalue weighted by molar-refractivity contribution is -0.387. The number of ether oxygens (including phenoxy) is 1. The molecule has 1 N–H and O–H groups in total. The number of sulfonamides is 1. The van der Waals surface area contributed by atoms with Crippen molar-refractivity contribution >= 4 is 31.6 Å². The Balaban J connectivity index is 2.32. The number of halogens is 1. The minimum absolute atomic E-state index is 0.257. The molecule has 1 aromatic carbocycles. The van der Waals surface area contributed by atoms with Gasteiger partial charge in [-0.25, -0.2) is 13.1 Å². The van der Waals surface area contributed by atoms with Crippen LogP contribution in [0.15, 0.2) is 27.6 Å². The predicted molar refractivity (Wildman–Crippen MR) is 75.0 cm³/mol. The van der Waals surface area contributed by atoms with Crippen molar-refractivity contribution < 1.29 is 18.1 Å². The van der Waals surface area contributed by atoms with E-state index in [2.05, 4.69) is 20.7 Å². The second-order valence-electron chi connectivity index (χ2n) is 4.38. The first kappa shape index (κ1) is 15.4. The maximum absolute atomic E-state index is 12.3. The van der Waals surface area contributed by atoms with Crippen LogP contribution < -0.4 is 4.72 Å². The molecular formula is C11H13BrN2O5S. The highest BCUT2D eigenvalue weighted by atomic mass is 79.9. The van der Waals surface area contributed by atoms with E-state index in [1.54, 1.807) is 0 Å². The number of nitro groups is 1. The molecule has 1 aliphatic rings. The van der Waals surface area contributed by atoms with Crippen LogP contribution in [0.2, 0.25) is 0 Å². The monoisotopic (exact) mass is 364 g/mol. The summed E-state index contributed by atoms with van der Waals surface area (Å²) in [6.07, 6.45) is 1.11. The molecule has 7 nitrogen and oxygen atoms in total. The van der Waals surface area contributed by atoms with Crippen molar-refractivity contribution in [2.24, 2.45) is 0 Å². The molecule has 1 saturated heterocycles. The van der Waals surface area contributed by atoms with Gasteiger partial charge in [0.1, 0.15) is 0 Å². The molecule has 9 heteroatoms. The van der Waals surface area contributed by atoms with Crippen molar-refractivity contribution in [3.8, 4) is 0 Å². The zero-order chi connectivity index (χ0) is 14.8. The second-order valence-corrected chi connectivity index (χ2v) is 6.98. The first-order chi connectivity index (χ1) is 9.40.